The van der Waals surface area contributed by atoms with E-state index in [-0.39, 0.29) is 24.1 Å². The summed E-state index contributed by atoms with van der Waals surface area (Å²) in [6.45, 7) is 2.13. The molecule has 3 aliphatic heterocycles. The van der Waals surface area contributed by atoms with Crippen LogP contribution in [0, 0.1) is 5.92 Å². The number of nitrogens with two attached hydrogens (primary N) is 1. The summed E-state index contributed by atoms with van der Waals surface area (Å²) < 4.78 is 46.9. The average molecular weight is 456 g/mol. The Hall–Kier alpha value is -3.18. The minimum atomic E-state index is -4.93. The number of urea groups is 1. The van der Waals surface area contributed by atoms with Crippen molar-refractivity contribution in [2.75, 3.05) is 32.8 Å². The zero-order valence-corrected chi connectivity index (χ0v) is 17.1. The molecule has 0 radical (unpaired) electrons. The molecule has 0 aromatic heterocycles. The highest BCUT2D eigenvalue weighted by Crippen LogP contribution is 2.31. The minimum absolute atomic E-state index is 0.0955. The Labute approximate surface area is 181 Å². The Morgan fingerprint density at radius 1 is 1.22 bits per heavy atom. The van der Waals surface area contributed by atoms with Crippen molar-refractivity contribution in [2.24, 2.45) is 11.7 Å². The molecule has 174 valence electrons. The summed E-state index contributed by atoms with van der Waals surface area (Å²) in [5, 5.41) is 2.74. The number of amides is 4. The van der Waals surface area contributed by atoms with Gasteiger partial charge in [0.2, 0.25) is 0 Å². The molecule has 0 unspecified atom stereocenters. The molecule has 3 N–H and O–H groups in total. The van der Waals surface area contributed by atoms with Gasteiger partial charge >= 0.3 is 18.5 Å². The molecule has 32 heavy (non-hydrogen) atoms. The standard InChI is InChI=1S/C20H23F3N4O5/c21-20(22,23)32-15-8-13(1-2-14(15)16(24)28)7-12-3-5-26(6-4-12)18(30)27-9-19(10-27)11-31-17(29)25-19/h1-2,8,12H,3-7,9-11H2,(H2,24,28)(H,25,29). The van der Waals surface area contributed by atoms with E-state index in [0.717, 1.165) is 0 Å². The first-order valence-electron chi connectivity index (χ1n) is 10.2. The van der Waals surface area contributed by atoms with Gasteiger partial charge in [-0.3, -0.25) is 4.79 Å². The van der Waals surface area contributed by atoms with Crippen LogP contribution in [0.3, 0.4) is 0 Å². The molecule has 0 saturated carbocycles. The van der Waals surface area contributed by atoms with Crippen molar-refractivity contribution in [3.63, 3.8) is 0 Å². The van der Waals surface area contributed by atoms with E-state index in [9.17, 15) is 27.6 Å². The summed E-state index contributed by atoms with van der Waals surface area (Å²) >= 11 is 0. The van der Waals surface area contributed by atoms with Crippen molar-refractivity contribution in [3.8, 4) is 5.75 Å². The summed E-state index contributed by atoms with van der Waals surface area (Å²) in [7, 11) is 0. The highest BCUT2D eigenvalue weighted by Gasteiger charge is 2.52. The van der Waals surface area contributed by atoms with Crippen LogP contribution in [0.1, 0.15) is 28.8 Å². The van der Waals surface area contributed by atoms with E-state index >= 15 is 0 Å². The van der Waals surface area contributed by atoms with Crippen LogP contribution in [0.15, 0.2) is 18.2 Å². The highest BCUT2D eigenvalue weighted by molar-refractivity contribution is 5.95. The first-order valence-corrected chi connectivity index (χ1v) is 10.2. The number of nitrogens with one attached hydrogen (secondary N) is 1. The lowest BCUT2D eigenvalue weighted by Gasteiger charge is -2.48. The van der Waals surface area contributed by atoms with Gasteiger partial charge in [0, 0.05) is 13.1 Å². The molecular weight excluding hydrogens is 433 g/mol. The second-order valence-electron chi connectivity index (χ2n) is 8.50. The monoisotopic (exact) mass is 456 g/mol. The van der Waals surface area contributed by atoms with Crippen LogP contribution < -0.4 is 15.8 Å². The van der Waals surface area contributed by atoms with Gasteiger partial charge in [-0.2, -0.15) is 0 Å². The second kappa shape index (κ2) is 8.06. The predicted molar refractivity (Wildman–Crippen MR) is 104 cm³/mol. The molecule has 0 aliphatic carbocycles. The third-order valence-electron chi connectivity index (χ3n) is 6.05. The first kappa shape index (κ1) is 22.0. The normalized spacial score (nSPS) is 20.5. The minimum Gasteiger partial charge on any atom is -0.447 e. The topological polar surface area (TPSA) is 114 Å². The number of alkyl halides is 3. The maximum Gasteiger partial charge on any atom is 0.573 e. The number of halogens is 3. The van der Waals surface area contributed by atoms with Crippen LogP contribution >= 0.6 is 0 Å². The molecule has 3 aliphatic rings. The quantitative estimate of drug-likeness (QED) is 0.718. The molecule has 3 fully saturated rings. The summed E-state index contributed by atoms with van der Waals surface area (Å²) in [6, 6.07) is 3.91. The molecular formula is C20H23F3N4O5. The van der Waals surface area contributed by atoms with Crippen molar-refractivity contribution < 1.29 is 37.0 Å². The number of piperidine rings is 1. The van der Waals surface area contributed by atoms with Crippen LogP contribution in [-0.4, -0.2) is 72.5 Å². The van der Waals surface area contributed by atoms with Crippen LogP contribution in [0.2, 0.25) is 0 Å². The second-order valence-corrected chi connectivity index (χ2v) is 8.50. The number of rotatable bonds is 4. The van der Waals surface area contributed by atoms with E-state index < -0.39 is 29.7 Å². The largest absolute Gasteiger partial charge is 0.573 e. The average Bonchev–Trinajstić information content (AvgIpc) is 3.08. The fourth-order valence-electron chi connectivity index (χ4n) is 4.45. The van der Waals surface area contributed by atoms with E-state index in [0.29, 0.717) is 51.0 Å². The molecule has 3 heterocycles. The Bertz CT molecular complexity index is 924. The Morgan fingerprint density at radius 3 is 2.47 bits per heavy atom. The summed E-state index contributed by atoms with van der Waals surface area (Å²) in [5.41, 5.74) is 4.93. The smallest absolute Gasteiger partial charge is 0.447 e. The molecule has 0 bridgehead atoms. The summed E-state index contributed by atoms with van der Waals surface area (Å²) in [4.78, 5) is 38.7. The van der Waals surface area contributed by atoms with Gasteiger partial charge in [0.1, 0.15) is 17.9 Å². The summed E-state index contributed by atoms with van der Waals surface area (Å²) in [5.74, 6) is -1.44. The van der Waals surface area contributed by atoms with E-state index in [1.165, 1.54) is 12.1 Å². The van der Waals surface area contributed by atoms with Gasteiger partial charge < -0.3 is 30.3 Å². The van der Waals surface area contributed by atoms with Gasteiger partial charge in [-0.15, -0.1) is 13.2 Å². The van der Waals surface area contributed by atoms with E-state index in [2.05, 4.69) is 10.1 Å². The van der Waals surface area contributed by atoms with Crippen molar-refractivity contribution in [1.29, 1.82) is 0 Å². The third kappa shape index (κ3) is 4.68. The molecule has 12 heteroatoms. The van der Waals surface area contributed by atoms with E-state index in [4.69, 9.17) is 10.5 Å². The zero-order chi connectivity index (χ0) is 23.1. The van der Waals surface area contributed by atoms with Gasteiger partial charge in [-0.25, -0.2) is 9.59 Å². The van der Waals surface area contributed by atoms with Crippen molar-refractivity contribution >= 4 is 18.0 Å². The molecule has 1 aromatic rings. The maximum absolute atomic E-state index is 12.7. The first-order chi connectivity index (χ1) is 15.0. The van der Waals surface area contributed by atoms with Gasteiger partial charge in [0.25, 0.3) is 5.91 Å². The Balaban J connectivity index is 1.30. The van der Waals surface area contributed by atoms with Gasteiger partial charge in [-0.1, -0.05) is 6.07 Å². The van der Waals surface area contributed by atoms with Crippen molar-refractivity contribution in [1.82, 2.24) is 15.1 Å². The van der Waals surface area contributed by atoms with E-state index in [1.54, 1.807) is 15.9 Å². The third-order valence-corrected chi connectivity index (χ3v) is 6.05. The maximum atomic E-state index is 12.7. The fourth-order valence-corrected chi connectivity index (χ4v) is 4.45. The molecule has 4 rings (SSSR count). The Kier molecular flexibility index (Phi) is 5.55. The number of alkyl carbamates (subject to hydrolysis) is 1. The van der Waals surface area contributed by atoms with Gasteiger partial charge in [0.05, 0.1) is 18.7 Å². The molecule has 3 saturated heterocycles. The fraction of sp³-hybridized carbons (Fsp3) is 0.550. The lowest BCUT2D eigenvalue weighted by atomic mass is 9.89. The number of primary amides is 1. The highest BCUT2D eigenvalue weighted by atomic mass is 19.4. The lowest BCUT2D eigenvalue weighted by molar-refractivity contribution is -0.274. The number of hydrogen-bond donors (Lipinski definition) is 2. The van der Waals surface area contributed by atoms with Crippen LogP contribution in [0.4, 0.5) is 22.8 Å². The number of ether oxygens (including phenoxy) is 2. The SMILES string of the molecule is NC(=O)c1ccc(CC2CCN(C(=O)N3CC4(COC(=O)N4)C3)CC2)cc1OC(F)(F)F. The van der Waals surface area contributed by atoms with Gasteiger partial charge in [0.15, 0.2) is 0 Å². The van der Waals surface area contributed by atoms with Crippen LogP contribution in [0.25, 0.3) is 0 Å². The molecule has 1 spiro atoms. The number of carbonyl (C=O) groups excluding carboxylic acids is 3. The van der Waals surface area contributed by atoms with Crippen LogP contribution in [-0.2, 0) is 11.2 Å². The molecule has 0 atom stereocenters. The number of hydrogen-bond acceptors (Lipinski definition) is 5. The number of nitrogens with zero attached hydrogens (tertiary/aromatic N) is 2. The lowest BCUT2D eigenvalue weighted by Crippen LogP contribution is -2.71. The molecule has 1 aromatic carbocycles. The molecule has 4 amide bonds. The van der Waals surface area contributed by atoms with Crippen molar-refractivity contribution in [2.45, 2.75) is 31.2 Å². The number of benzene rings is 1. The van der Waals surface area contributed by atoms with Crippen LogP contribution in [0.5, 0.6) is 5.75 Å². The number of likely N-dealkylation sites (tertiary alicyclic amines) is 2. The van der Waals surface area contributed by atoms with Crippen molar-refractivity contribution in [3.05, 3.63) is 29.3 Å². The predicted octanol–water partition coefficient (Wildman–Crippen LogP) is 1.85. The number of carbonyl (C=O) groups is 3. The number of cyclic esters (lactones) is 1. The van der Waals surface area contributed by atoms with E-state index in [1.807, 2.05) is 0 Å². The van der Waals surface area contributed by atoms with Gasteiger partial charge in [-0.05, 0) is 42.9 Å². The zero-order valence-electron chi connectivity index (χ0n) is 17.1. The Morgan fingerprint density at radius 2 is 1.91 bits per heavy atom. The molecule has 9 nitrogen and oxygen atoms in total. The summed E-state index contributed by atoms with van der Waals surface area (Å²) in [6.07, 6.45) is -3.52.